The van der Waals surface area contributed by atoms with E-state index in [1.54, 1.807) is 23.6 Å². The molecule has 4 aromatic rings. The zero-order valence-electron chi connectivity index (χ0n) is 18.8. The number of nitrogens with zero attached hydrogens (tertiary/aromatic N) is 2. The lowest BCUT2D eigenvalue weighted by molar-refractivity contribution is 0.0828. The van der Waals surface area contributed by atoms with Gasteiger partial charge in [-0.05, 0) is 66.3 Å². The van der Waals surface area contributed by atoms with Crippen molar-refractivity contribution in [2.45, 2.75) is 50.4 Å². The van der Waals surface area contributed by atoms with Crippen molar-refractivity contribution in [3.63, 3.8) is 0 Å². The molecule has 2 aliphatic rings. The second-order valence-corrected chi connectivity index (χ2v) is 10.3. The van der Waals surface area contributed by atoms with Crippen LogP contribution in [0, 0.1) is 5.82 Å². The van der Waals surface area contributed by atoms with Crippen molar-refractivity contribution in [2.24, 2.45) is 0 Å². The molecule has 2 fully saturated rings. The first-order valence-electron chi connectivity index (χ1n) is 11.9. The number of amides is 1. The normalized spacial score (nSPS) is 22.2. The van der Waals surface area contributed by atoms with Gasteiger partial charge in [-0.25, -0.2) is 9.37 Å². The van der Waals surface area contributed by atoms with Crippen LogP contribution in [0.25, 0.3) is 21.3 Å². The second-order valence-electron chi connectivity index (χ2n) is 9.41. The van der Waals surface area contributed by atoms with Crippen molar-refractivity contribution in [3.05, 3.63) is 89.2 Å². The van der Waals surface area contributed by atoms with Crippen molar-refractivity contribution < 1.29 is 9.18 Å². The first kappa shape index (κ1) is 21.4. The summed E-state index contributed by atoms with van der Waals surface area (Å²) in [4.78, 5) is 20.2. The fourth-order valence-electron chi connectivity index (χ4n) is 5.71. The predicted octanol–water partition coefficient (Wildman–Crippen LogP) is 6.03. The number of aromatic nitrogens is 1. The number of hydrogen-bond donors (Lipinski definition) is 1. The van der Waals surface area contributed by atoms with Crippen LogP contribution in [0.4, 0.5) is 4.39 Å². The highest BCUT2D eigenvalue weighted by Crippen LogP contribution is 2.37. The van der Waals surface area contributed by atoms with Crippen LogP contribution in [0.15, 0.2) is 72.2 Å². The van der Waals surface area contributed by atoms with Gasteiger partial charge in [-0.15, -0.1) is 11.3 Å². The number of rotatable bonds is 5. The van der Waals surface area contributed by atoms with Crippen molar-refractivity contribution in [1.82, 2.24) is 15.2 Å². The Balaban J connectivity index is 1.14. The highest BCUT2D eigenvalue weighted by molar-refractivity contribution is 7.13. The van der Waals surface area contributed by atoms with E-state index in [0.29, 0.717) is 17.6 Å². The van der Waals surface area contributed by atoms with Crippen LogP contribution in [-0.2, 0) is 6.54 Å². The average Bonchev–Trinajstić information content (AvgIpc) is 3.46. The quantitative estimate of drug-likeness (QED) is 0.387. The van der Waals surface area contributed by atoms with E-state index >= 15 is 0 Å². The Morgan fingerprint density at radius 3 is 2.59 bits per heavy atom. The number of thiazole rings is 1. The van der Waals surface area contributed by atoms with Crippen LogP contribution in [-0.4, -0.2) is 33.9 Å². The minimum Gasteiger partial charge on any atom is -0.349 e. The summed E-state index contributed by atoms with van der Waals surface area (Å²) in [5.41, 5.74) is 2.85. The average molecular weight is 472 g/mol. The molecule has 0 radical (unpaired) electrons. The second kappa shape index (κ2) is 8.93. The lowest BCUT2D eigenvalue weighted by Crippen LogP contribution is -2.50. The Kier molecular flexibility index (Phi) is 5.63. The molecule has 172 valence electrons. The molecular formula is C28H26FN3OS. The van der Waals surface area contributed by atoms with Crippen LogP contribution >= 0.6 is 11.3 Å². The van der Waals surface area contributed by atoms with Crippen LogP contribution in [0.5, 0.6) is 0 Å². The third-order valence-corrected chi connectivity index (χ3v) is 8.09. The lowest BCUT2D eigenvalue weighted by Gasteiger charge is -2.39. The molecule has 4 nitrogen and oxygen atoms in total. The van der Waals surface area contributed by atoms with Gasteiger partial charge in [0.1, 0.15) is 10.8 Å². The smallest absolute Gasteiger partial charge is 0.252 e. The maximum atomic E-state index is 13.5. The SMILES string of the molecule is O=C(NC1C[C@H]2CC[C@H](C1)N2Cc1ccc2cc(F)ccc2c1)c1ccccc1-c1nccs1. The highest BCUT2D eigenvalue weighted by Gasteiger charge is 2.41. The molecule has 3 heterocycles. The topological polar surface area (TPSA) is 45.2 Å². The van der Waals surface area contributed by atoms with Gasteiger partial charge in [-0.3, -0.25) is 9.69 Å². The number of piperidine rings is 1. The molecule has 2 aliphatic heterocycles. The molecule has 0 aliphatic carbocycles. The third kappa shape index (κ3) is 4.12. The van der Waals surface area contributed by atoms with Crippen molar-refractivity contribution >= 4 is 28.0 Å². The summed E-state index contributed by atoms with van der Waals surface area (Å²) in [7, 11) is 0. The molecule has 0 saturated carbocycles. The third-order valence-electron chi connectivity index (χ3n) is 7.29. The predicted molar refractivity (Wildman–Crippen MR) is 134 cm³/mol. The fourth-order valence-corrected chi connectivity index (χ4v) is 6.39. The van der Waals surface area contributed by atoms with E-state index in [1.165, 1.54) is 24.5 Å². The minimum absolute atomic E-state index is 0.00888. The van der Waals surface area contributed by atoms with Gasteiger partial charge in [0, 0.05) is 47.4 Å². The first-order valence-corrected chi connectivity index (χ1v) is 12.8. The van der Waals surface area contributed by atoms with Gasteiger partial charge in [0.2, 0.25) is 0 Å². The van der Waals surface area contributed by atoms with Gasteiger partial charge in [0.05, 0.1) is 0 Å². The Morgan fingerprint density at radius 2 is 1.79 bits per heavy atom. The van der Waals surface area contributed by atoms with Crippen LogP contribution in [0.2, 0.25) is 0 Å². The van der Waals surface area contributed by atoms with Crippen LogP contribution in [0.3, 0.4) is 0 Å². The summed E-state index contributed by atoms with van der Waals surface area (Å²) < 4.78 is 13.5. The van der Waals surface area contributed by atoms with Gasteiger partial charge in [0.15, 0.2) is 0 Å². The molecule has 2 saturated heterocycles. The maximum Gasteiger partial charge on any atom is 0.252 e. The Labute approximate surface area is 202 Å². The van der Waals surface area contributed by atoms with E-state index in [4.69, 9.17) is 0 Å². The van der Waals surface area contributed by atoms with E-state index in [2.05, 4.69) is 27.3 Å². The molecule has 1 aromatic heterocycles. The first-order chi connectivity index (χ1) is 16.6. The van der Waals surface area contributed by atoms with Gasteiger partial charge in [-0.2, -0.15) is 0 Å². The zero-order valence-corrected chi connectivity index (χ0v) is 19.6. The molecule has 34 heavy (non-hydrogen) atoms. The van der Waals surface area contributed by atoms with Crippen molar-refractivity contribution in [3.8, 4) is 10.6 Å². The Bertz CT molecular complexity index is 1320. The van der Waals surface area contributed by atoms with Gasteiger partial charge < -0.3 is 5.32 Å². The highest BCUT2D eigenvalue weighted by atomic mass is 32.1. The van der Waals surface area contributed by atoms with Crippen LogP contribution in [0.1, 0.15) is 41.6 Å². The van der Waals surface area contributed by atoms with E-state index in [0.717, 1.165) is 40.7 Å². The molecule has 0 spiro atoms. The summed E-state index contributed by atoms with van der Waals surface area (Å²) in [5, 5.41) is 8.15. The van der Waals surface area contributed by atoms with E-state index in [9.17, 15) is 9.18 Å². The molecular weight excluding hydrogens is 445 g/mol. The monoisotopic (exact) mass is 471 g/mol. The molecule has 1 N–H and O–H groups in total. The molecule has 1 amide bonds. The number of halogens is 1. The van der Waals surface area contributed by atoms with Gasteiger partial charge in [0.25, 0.3) is 5.91 Å². The Morgan fingerprint density at radius 1 is 1.03 bits per heavy atom. The largest absolute Gasteiger partial charge is 0.349 e. The summed E-state index contributed by atoms with van der Waals surface area (Å²) in [6, 6.07) is 20.1. The molecule has 0 unspecified atom stereocenters. The molecule has 3 aromatic carbocycles. The molecule has 6 rings (SSSR count). The van der Waals surface area contributed by atoms with E-state index in [-0.39, 0.29) is 17.8 Å². The Hall–Kier alpha value is -3.09. The number of carbonyl (C=O) groups is 1. The zero-order chi connectivity index (χ0) is 23.1. The number of nitrogens with one attached hydrogen (secondary N) is 1. The number of hydrogen-bond acceptors (Lipinski definition) is 4. The maximum absolute atomic E-state index is 13.5. The number of benzene rings is 3. The minimum atomic E-state index is -0.198. The lowest BCUT2D eigenvalue weighted by atomic mass is 9.95. The standard InChI is InChI=1S/C28H26FN3OS/c29-21-8-7-19-13-18(5-6-20(19)14-21)17-32-23-9-10-24(32)16-22(15-23)31-27(33)25-3-1-2-4-26(25)28-30-11-12-34-28/h1-8,11-14,22-24H,9-10,15-17H2,(H,31,33)/t23-,24-/m1/s1. The van der Waals surface area contributed by atoms with Crippen molar-refractivity contribution in [1.29, 1.82) is 0 Å². The van der Waals surface area contributed by atoms with Gasteiger partial charge >= 0.3 is 0 Å². The molecule has 6 heteroatoms. The molecule has 2 bridgehead atoms. The van der Waals surface area contributed by atoms with Crippen molar-refractivity contribution in [2.75, 3.05) is 0 Å². The summed E-state index contributed by atoms with van der Waals surface area (Å²) in [5.74, 6) is -0.206. The summed E-state index contributed by atoms with van der Waals surface area (Å²) in [6.45, 7) is 0.899. The number of carbonyl (C=O) groups excluding carboxylic acids is 1. The summed E-state index contributed by atoms with van der Waals surface area (Å²) >= 11 is 1.55. The van der Waals surface area contributed by atoms with Gasteiger partial charge in [-0.1, -0.05) is 36.4 Å². The number of fused-ring (bicyclic) bond motifs is 3. The summed E-state index contributed by atoms with van der Waals surface area (Å²) in [6.07, 6.45) is 6.06. The fraction of sp³-hybridized carbons (Fsp3) is 0.286. The van der Waals surface area contributed by atoms with E-state index in [1.807, 2.05) is 41.8 Å². The molecule has 2 atom stereocenters. The van der Waals surface area contributed by atoms with E-state index < -0.39 is 0 Å². The van der Waals surface area contributed by atoms with Crippen LogP contribution < -0.4 is 5.32 Å².